The third-order valence-electron chi connectivity index (χ3n) is 4.61. The Morgan fingerprint density at radius 2 is 2.13 bits per heavy atom. The fraction of sp³-hybridized carbons (Fsp3) is 0.357. The highest BCUT2D eigenvalue weighted by molar-refractivity contribution is 7.20. The van der Waals surface area contributed by atoms with Crippen molar-refractivity contribution in [2.75, 3.05) is 7.05 Å². The van der Waals surface area contributed by atoms with Crippen LogP contribution in [0.2, 0.25) is 0 Å². The number of fused-ring (bicyclic) bond motifs is 1. The van der Waals surface area contributed by atoms with Crippen molar-refractivity contribution in [3.05, 3.63) is 23.2 Å². The smallest absolute Gasteiger partial charge is 0.423 e. The Balaban J connectivity index is 1.67. The van der Waals surface area contributed by atoms with Gasteiger partial charge in [-0.2, -0.15) is 0 Å². The first-order chi connectivity index (χ1) is 10.9. The highest BCUT2D eigenvalue weighted by atomic mass is 32.1. The second-order valence-corrected chi connectivity index (χ2v) is 7.10. The van der Waals surface area contributed by atoms with Gasteiger partial charge in [0.2, 0.25) is 0 Å². The molecule has 9 heteroatoms. The average molecular weight is 331 g/mol. The van der Waals surface area contributed by atoms with Crippen LogP contribution < -0.4 is 5.46 Å². The molecule has 3 amide bonds. The van der Waals surface area contributed by atoms with Gasteiger partial charge in [0.05, 0.1) is 16.8 Å². The van der Waals surface area contributed by atoms with Gasteiger partial charge in [0, 0.05) is 23.6 Å². The van der Waals surface area contributed by atoms with E-state index < -0.39 is 12.7 Å². The predicted molar refractivity (Wildman–Crippen MR) is 85.1 cm³/mol. The molecular weight excluding hydrogens is 317 g/mol. The SMILES string of the molecule is CN1C(=O)N(Cc2cc3nccc(B(O)O)c3s2)C(=O)C12CC2. The molecule has 2 aromatic rings. The zero-order chi connectivity index (χ0) is 16.4. The van der Waals surface area contributed by atoms with Gasteiger partial charge in [-0.05, 0) is 25.0 Å². The lowest BCUT2D eigenvalue weighted by molar-refractivity contribution is -0.129. The molecule has 118 valence electrons. The quantitative estimate of drug-likeness (QED) is 0.605. The van der Waals surface area contributed by atoms with E-state index in [1.54, 1.807) is 19.2 Å². The standard InChI is InChI=1S/C14H14BN3O4S/c1-17-13(20)18(12(19)14(17)3-4-14)7-8-6-10-11(23-8)9(15(21)22)2-5-16-10/h2,5-6,21-22H,3-4,7H2,1H3. The van der Waals surface area contributed by atoms with E-state index in [1.807, 2.05) is 0 Å². The Morgan fingerprint density at radius 1 is 1.39 bits per heavy atom. The maximum Gasteiger partial charge on any atom is 0.490 e. The largest absolute Gasteiger partial charge is 0.490 e. The lowest BCUT2D eigenvalue weighted by Crippen LogP contribution is -2.33. The Morgan fingerprint density at radius 3 is 2.74 bits per heavy atom. The lowest BCUT2D eigenvalue weighted by atomic mass is 9.81. The van der Waals surface area contributed by atoms with Crippen molar-refractivity contribution in [2.45, 2.75) is 24.9 Å². The van der Waals surface area contributed by atoms with Gasteiger partial charge in [-0.3, -0.25) is 14.7 Å². The molecule has 2 N–H and O–H groups in total. The van der Waals surface area contributed by atoms with Crippen molar-refractivity contribution in [2.24, 2.45) is 0 Å². The van der Waals surface area contributed by atoms with E-state index in [-0.39, 0.29) is 18.5 Å². The third-order valence-corrected chi connectivity index (χ3v) is 5.77. The maximum absolute atomic E-state index is 12.5. The lowest BCUT2D eigenvalue weighted by Gasteiger charge is -2.13. The van der Waals surface area contributed by atoms with Crippen LogP contribution in [-0.4, -0.2) is 56.5 Å². The van der Waals surface area contributed by atoms with Crippen LogP contribution in [0.1, 0.15) is 17.7 Å². The number of aromatic nitrogens is 1. The molecule has 0 atom stereocenters. The number of thiophene rings is 1. The average Bonchev–Trinajstić information content (AvgIpc) is 3.20. The molecule has 2 fully saturated rings. The van der Waals surface area contributed by atoms with Gasteiger partial charge in [0.25, 0.3) is 5.91 Å². The molecule has 23 heavy (non-hydrogen) atoms. The minimum absolute atomic E-state index is 0.141. The molecule has 3 heterocycles. The summed E-state index contributed by atoms with van der Waals surface area (Å²) in [7, 11) is 0.0860. The molecule has 2 aliphatic rings. The van der Waals surface area contributed by atoms with E-state index >= 15 is 0 Å². The molecule has 4 rings (SSSR count). The van der Waals surface area contributed by atoms with Crippen molar-refractivity contribution in [1.82, 2.24) is 14.8 Å². The Bertz CT molecular complexity index is 833. The minimum atomic E-state index is -1.58. The summed E-state index contributed by atoms with van der Waals surface area (Å²) in [6.07, 6.45) is 2.95. The summed E-state index contributed by atoms with van der Waals surface area (Å²) in [5.41, 5.74) is 0.392. The van der Waals surface area contributed by atoms with Crippen LogP contribution in [-0.2, 0) is 11.3 Å². The van der Waals surface area contributed by atoms with Crippen molar-refractivity contribution in [3.8, 4) is 0 Å². The molecule has 1 aliphatic heterocycles. The number of likely N-dealkylation sites (N-methyl/N-ethyl adjacent to an activating group) is 1. The summed E-state index contributed by atoms with van der Waals surface area (Å²) in [6.45, 7) is 0.186. The van der Waals surface area contributed by atoms with E-state index in [9.17, 15) is 19.6 Å². The summed E-state index contributed by atoms with van der Waals surface area (Å²) < 4.78 is 0.658. The molecule has 0 radical (unpaired) electrons. The van der Waals surface area contributed by atoms with E-state index in [0.717, 1.165) is 17.7 Å². The number of carbonyl (C=O) groups is 2. The number of urea groups is 1. The van der Waals surface area contributed by atoms with Gasteiger partial charge in [-0.15, -0.1) is 11.3 Å². The van der Waals surface area contributed by atoms with Crippen LogP contribution in [0.15, 0.2) is 18.3 Å². The molecule has 1 saturated carbocycles. The van der Waals surface area contributed by atoms with Crippen LogP contribution in [0.4, 0.5) is 4.79 Å². The topological polar surface area (TPSA) is 94.0 Å². The molecular formula is C14H14BN3O4S. The molecule has 0 bridgehead atoms. The number of pyridine rings is 1. The zero-order valence-corrected chi connectivity index (χ0v) is 13.2. The monoisotopic (exact) mass is 331 g/mol. The molecule has 2 aromatic heterocycles. The summed E-state index contributed by atoms with van der Waals surface area (Å²) in [6, 6.07) is 3.05. The van der Waals surface area contributed by atoms with Crippen molar-refractivity contribution < 1.29 is 19.6 Å². The number of hydrogen-bond acceptors (Lipinski definition) is 6. The van der Waals surface area contributed by atoms with Gasteiger partial charge in [-0.1, -0.05) is 0 Å². The fourth-order valence-corrected chi connectivity index (χ4v) is 4.23. The van der Waals surface area contributed by atoms with Crippen LogP contribution in [0, 0.1) is 0 Å². The Kier molecular flexibility index (Phi) is 3.03. The summed E-state index contributed by atoms with van der Waals surface area (Å²) >= 11 is 1.32. The summed E-state index contributed by atoms with van der Waals surface area (Å²) in [4.78, 5) is 32.6. The maximum atomic E-state index is 12.5. The van der Waals surface area contributed by atoms with E-state index in [1.165, 1.54) is 27.3 Å². The van der Waals surface area contributed by atoms with Gasteiger partial charge in [-0.25, -0.2) is 4.79 Å². The first kappa shape index (κ1) is 14.6. The van der Waals surface area contributed by atoms with Crippen LogP contribution in [0.3, 0.4) is 0 Å². The molecule has 0 unspecified atom stereocenters. The molecule has 0 aromatic carbocycles. The van der Waals surface area contributed by atoms with E-state index in [2.05, 4.69) is 4.98 Å². The second kappa shape index (κ2) is 4.76. The van der Waals surface area contributed by atoms with Gasteiger partial charge < -0.3 is 14.9 Å². The number of nitrogens with zero attached hydrogens (tertiary/aromatic N) is 3. The van der Waals surface area contributed by atoms with E-state index in [4.69, 9.17) is 0 Å². The van der Waals surface area contributed by atoms with Crippen LogP contribution >= 0.6 is 11.3 Å². The molecule has 1 saturated heterocycles. The van der Waals surface area contributed by atoms with Crippen molar-refractivity contribution in [3.63, 3.8) is 0 Å². The number of rotatable bonds is 3. The summed E-state index contributed by atoms with van der Waals surface area (Å²) in [5.74, 6) is -0.141. The minimum Gasteiger partial charge on any atom is -0.423 e. The van der Waals surface area contributed by atoms with Gasteiger partial charge in [0.1, 0.15) is 5.54 Å². The number of hydrogen-bond donors (Lipinski definition) is 2. The Hall–Kier alpha value is -1.97. The number of imide groups is 1. The molecule has 1 aliphatic carbocycles. The van der Waals surface area contributed by atoms with E-state index in [0.29, 0.717) is 15.7 Å². The van der Waals surface area contributed by atoms with Gasteiger partial charge >= 0.3 is 13.1 Å². The fourth-order valence-electron chi connectivity index (χ4n) is 3.10. The second-order valence-electron chi connectivity index (χ2n) is 5.97. The predicted octanol–water partition coefficient (Wildman–Crippen LogP) is -0.0973. The zero-order valence-electron chi connectivity index (χ0n) is 12.4. The first-order valence-corrected chi connectivity index (χ1v) is 8.09. The number of carbonyl (C=O) groups excluding carboxylic acids is 2. The third kappa shape index (κ3) is 2.00. The Labute approximate surface area is 136 Å². The first-order valence-electron chi connectivity index (χ1n) is 7.27. The van der Waals surface area contributed by atoms with Crippen molar-refractivity contribution >= 4 is 46.1 Å². The normalized spacial score (nSPS) is 19.3. The van der Waals surface area contributed by atoms with Gasteiger partial charge in [0.15, 0.2) is 0 Å². The highest BCUT2D eigenvalue weighted by Crippen LogP contribution is 2.47. The van der Waals surface area contributed by atoms with Crippen LogP contribution in [0.5, 0.6) is 0 Å². The number of amides is 3. The molecule has 1 spiro atoms. The van der Waals surface area contributed by atoms with Crippen LogP contribution in [0.25, 0.3) is 10.2 Å². The van der Waals surface area contributed by atoms with Crippen molar-refractivity contribution in [1.29, 1.82) is 0 Å². The molecule has 7 nitrogen and oxygen atoms in total. The highest BCUT2D eigenvalue weighted by Gasteiger charge is 2.63. The summed E-state index contributed by atoms with van der Waals surface area (Å²) in [5, 5.41) is 18.8.